The van der Waals surface area contributed by atoms with Gasteiger partial charge in [-0.3, -0.25) is 9.59 Å². The first-order chi connectivity index (χ1) is 16.5. The van der Waals surface area contributed by atoms with E-state index in [-0.39, 0.29) is 31.0 Å². The Bertz CT molecular complexity index is 1040. The zero-order valence-corrected chi connectivity index (χ0v) is 21.1. The summed E-state index contributed by atoms with van der Waals surface area (Å²) in [7, 11) is 0. The van der Waals surface area contributed by atoms with Crippen LogP contribution in [0.5, 0.6) is 0 Å². The van der Waals surface area contributed by atoms with Crippen LogP contribution in [0, 0.1) is 6.92 Å². The van der Waals surface area contributed by atoms with Crippen molar-refractivity contribution in [2.24, 2.45) is 0 Å². The van der Waals surface area contributed by atoms with Gasteiger partial charge >= 0.3 is 0 Å². The molecule has 0 saturated heterocycles. The molecular formula is C28H34N2O3S. The molecule has 180 valence electrons. The van der Waals surface area contributed by atoms with Crippen molar-refractivity contribution in [1.29, 1.82) is 0 Å². The third-order valence-electron chi connectivity index (χ3n) is 5.96. The van der Waals surface area contributed by atoms with E-state index in [9.17, 15) is 9.59 Å². The molecule has 0 saturated carbocycles. The number of carbonyl (C=O) groups is 2. The lowest BCUT2D eigenvalue weighted by Gasteiger charge is -2.31. The first kappa shape index (κ1) is 25.7. The normalized spacial score (nSPS) is 11.7. The van der Waals surface area contributed by atoms with Crippen molar-refractivity contribution in [2.75, 3.05) is 13.2 Å². The Morgan fingerprint density at radius 1 is 0.912 bits per heavy atom. The van der Waals surface area contributed by atoms with Gasteiger partial charge in [-0.1, -0.05) is 67.6 Å². The summed E-state index contributed by atoms with van der Waals surface area (Å²) in [4.78, 5) is 31.2. The Morgan fingerprint density at radius 3 is 2.15 bits per heavy atom. The second kappa shape index (κ2) is 13.1. The highest BCUT2D eigenvalue weighted by Crippen LogP contribution is 2.20. The molecule has 6 heteroatoms. The quantitative estimate of drug-likeness (QED) is 0.349. The number of aryl methyl sites for hydroxylation is 1. The van der Waals surface area contributed by atoms with Crippen molar-refractivity contribution in [3.05, 3.63) is 93.7 Å². The van der Waals surface area contributed by atoms with Crippen LogP contribution in [-0.4, -0.2) is 40.8 Å². The van der Waals surface area contributed by atoms with E-state index in [0.717, 1.165) is 22.4 Å². The van der Waals surface area contributed by atoms with E-state index in [2.05, 4.69) is 18.4 Å². The van der Waals surface area contributed by atoms with E-state index < -0.39 is 0 Å². The second-order valence-corrected chi connectivity index (χ2v) is 9.52. The predicted molar refractivity (Wildman–Crippen MR) is 137 cm³/mol. The van der Waals surface area contributed by atoms with Crippen LogP contribution in [0.4, 0.5) is 0 Å². The molecule has 2 amide bonds. The summed E-state index contributed by atoms with van der Waals surface area (Å²) in [5.41, 5.74) is 3.26. The molecule has 3 rings (SSSR count). The summed E-state index contributed by atoms with van der Waals surface area (Å²) in [5, 5.41) is 2.05. The first-order valence-electron chi connectivity index (χ1n) is 11.7. The van der Waals surface area contributed by atoms with Crippen molar-refractivity contribution in [1.82, 2.24) is 9.80 Å². The Hall–Kier alpha value is -2.96. The fourth-order valence-corrected chi connectivity index (χ4v) is 4.57. The van der Waals surface area contributed by atoms with Gasteiger partial charge in [-0.05, 0) is 48.4 Å². The molecule has 0 aliphatic carbocycles. The number of nitrogens with zero attached hydrogens (tertiary/aromatic N) is 2. The highest BCUT2D eigenvalue weighted by atomic mass is 32.1. The third-order valence-corrected chi connectivity index (χ3v) is 6.97. The maximum absolute atomic E-state index is 13.5. The van der Waals surface area contributed by atoms with Gasteiger partial charge in [-0.15, -0.1) is 11.3 Å². The minimum absolute atomic E-state index is 0.0415. The molecule has 0 bridgehead atoms. The van der Waals surface area contributed by atoms with Gasteiger partial charge in [0.15, 0.2) is 0 Å². The van der Waals surface area contributed by atoms with E-state index in [1.165, 1.54) is 5.56 Å². The van der Waals surface area contributed by atoms with Gasteiger partial charge in [0.05, 0.1) is 13.2 Å². The summed E-state index contributed by atoms with van der Waals surface area (Å²) >= 11 is 1.66. The van der Waals surface area contributed by atoms with Gasteiger partial charge in [0.25, 0.3) is 0 Å². The van der Waals surface area contributed by atoms with Crippen molar-refractivity contribution in [3.63, 3.8) is 0 Å². The molecule has 1 aromatic heterocycles. The van der Waals surface area contributed by atoms with E-state index in [1.54, 1.807) is 16.2 Å². The Morgan fingerprint density at radius 2 is 1.56 bits per heavy atom. The highest BCUT2D eigenvalue weighted by molar-refractivity contribution is 7.10. The van der Waals surface area contributed by atoms with Crippen molar-refractivity contribution >= 4 is 23.2 Å². The second-order valence-electron chi connectivity index (χ2n) is 8.52. The van der Waals surface area contributed by atoms with E-state index in [0.29, 0.717) is 19.7 Å². The number of thiophene rings is 1. The molecule has 1 heterocycles. The molecule has 34 heavy (non-hydrogen) atoms. The van der Waals surface area contributed by atoms with Gasteiger partial charge in [0.1, 0.15) is 13.2 Å². The number of rotatable bonds is 12. The zero-order valence-electron chi connectivity index (χ0n) is 20.3. The fourth-order valence-electron chi connectivity index (χ4n) is 3.64. The van der Waals surface area contributed by atoms with Gasteiger partial charge in [-0.25, -0.2) is 0 Å². The number of ether oxygens (including phenoxy) is 1. The summed E-state index contributed by atoms with van der Waals surface area (Å²) < 4.78 is 5.68. The van der Waals surface area contributed by atoms with Crippen LogP contribution in [0.1, 0.15) is 41.8 Å². The zero-order chi connectivity index (χ0) is 24.3. The minimum Gasteiger partial charge on any atom is -0.367 e. The lowest BCUT2D eigenvalue weighted by Crippen LogP contribution is -2.47. The molecule has 0 spiro atoms. The molecule has 0 aliphatic rings. The van der Waals surface area contributed by atoms with Crippen LogP contribution < -0.4 is 0 Å². The topological polar surface area (TPSA) is 49.9 Å². The molecule has 0 fully saturated rings. The van der Waals surface area contributed by atoms with Crippen molar-refractivity contribution in [3.8, 4) is 0 Å². The Balaban J connectivity index is 1.69. The van der Waals surface area contributed by atoms with Gasteiger partial charge in [0, 0.05) is 17.5 Å². The number of hydrogen-bond acceptors (Lipinski definition) is 4. The summed E-state index contributed by atoms with van der Waals surface area (Å²) in [6.45, 7) is 7.47. The number of benzene rings is 2. The van der Waals surface area contributed by atoms with Crippen LogP contribution in [0.25, 0.3) is 0 Å². The van der Waals surface area contributed by atoms with E-state index >= 15 is 0 Å². The lowest BCUT2D eigenvalue weighted by atomic mass is 10.2. The van der Waals surface area contributed by atoms with Crippen LogP contribution >= 0.6 is 11.3 Å². The highest BCUT2D eigenvalue weighted by Gasteiger charge is 2.25. The summed E-state index contributed by atoms with van der Waals surface area (Å²) in [5.74, 6) is -0.223. The van der Waals surface area contributed by atoms with Gasteiger partial charge < -0.3 is 14.5 Å². The predicted octanol–water partition coefficient (Wildman–Crippen LogP) is 5.43. The van der Waals surface area contributed by atoms with Crippen LogP contribution in [0.2, 0.25) is 0 Å². The molecule has 3 aromatic rings. The average molecular weight is 479 g/mol. The Labute approximate surface area is 207 Å². The molecule has 0 radical (unpaired) electrons. The summed E-state index contributed by atoms with van der Waals surface area (Å²) in [6.07, 6.45) is 0.764. The molecule has 0 aliphatic heterocycles. The smallest absolute Gasteiger partial charge is 0.249 e. The Kier molecular flexibility index (Phi) is 9.86. The molecule has 2 aromatic carbocycles. The van der Waals surface area contributed by atoms with E-state index in [1.807, 2.05) is 79.4 Å². The first-order valence-corrected chi connectivity index (χ1v) is 12.6. The molecule has 0 N–H and O–H groups in total. The molecule has 1 unspecified atom stereocenters. The lowest BCUT2D eigenvalue weighted by molar-refractivity contribution is -0.146. The van der Waals surface area contributed by atoms with Crippen LogP contribution in [0.15, 0.2) is 72.1 Å². The minimum atomic E-state index is -0.161. The van der Waals surface area contributed by atoms with Gasteiger partial charge in [-0.2, -0.15) is 0 Å². The molecule has 1 atom stereocenters. The number of amides is 2. The monoisotopic (exact) mass is 478 g/mol. The summed E-state index contributed by atoms with van der Waals surface area (Å²) in [6, 6.07) is 21.8. The van der Waals surface area contributed by atoms with Crippen LogP contribution in [-0.2, 0) is 34.0 Å². The van der Waals surface area contributed by atoms with Gasteiger partial charge in [0.2, 0.25) is 11.8 Å². The largest absolute Gasteiger partial charge is 0.367 e. The standard InChI is InChI=1S/C28H34N2O3S/c1-4-23(3)30(28(32)21-33-20-25-13-9-6-10-14-25)19-27(31)29(17-24-11-7-5-8-12-24)18-26-22(2)15-16-34-26/h5-16,23H,4,17-21H2,1-3H3. The number of hydrogen-bond donors (Lipinski definition) is 0. The molecule has 5 nitrogen and oxygen atoms in total. The average Bonchev–Trinajstić information content (AvgIpc) is 3.26. The third kappa shape index (κ3) is 7.54. The van der Waals surface area contributed by atoms with Crippen LogP contribution in [0.3, 0.4) is 0 Å². The molecular weight excluding hydrogens is 444 g/mol. The fraction of sp³-hybridized carbons (Fsp3) is 0.357. The van der Waals surface area contributed by atoms with Crippen molar-refractivity contribution in [2.45, 2.75) is 52.9 Å². The number of carbonyl (C=O) groups excluding carboxylic acids is 2. The van der Waals surface area contributed by atoms with Crippen molar-refractivity contribution < 1.29 is 14.3 Å². The maximum Gasteiger partial charge on any atom is 0.249 e. The maximum atomic E-state index is 13.5. The SMILES string of the molecule is CCC(C)N(CC(=O)N(Cc1ccccc1)Cc1sccc1C)C(=O)COCc1ccccc1. The van der Waals surface area contributed by atoms with E-state index in [4.69, 9.17) is 4.74 Å².